The molecule has 1 unspecified atom stereocenters. The van der Waals surface area contributed by atoms with Crippen molar-refractivity contribution in [2.45, 2.75) is 32.0 Å². The van der Waals surface area contributed by atoms with E-state index in [1.165, 1.54) is 23.1 Å². The van der Waals surface area contributed by atoms with Gasteiger partial charge < -0.3 is 19.7 Å². The summed E-state index contributed by atoms with van der Waals surface area (Å²) in [6.07, 6.45) is -1.45. The number of anilines is 2. The van der Waals surface area contributed by atoms with Gasteiger partial charge in [0.25, 0.3) is 0 Å². The fraction of sp³-hybridized carbons (Fsp3) is 0.300. The van der Waals surface area contributed by atoms with E-state index in [9.17, 15) is 14.3 Å². The number of aliphatic hydroxyl groups excluding tert-OH is 1. The number of nitrogens with zero attached hydrogens (tertiary/aromatic N) is 4. The first kappa shape index (κ1) is 21.0. The van der Waals surface area contributed by atoms with Gasteiger partial charge >= 0.3 is 6.09 Å². The molecule has 1 aromatic carbocycles. The largest absolute Gasteiger partial charge is 0.447 e. The maximum Gasteiger partial charge on any atom is 0.416 e. The van der Waals surface area contributed by atoms with Gasteiger partial charge in [-0.1, -0.05) is 16.8 Å². The maximum absolute atomic E-state index is 13.1. The van der Waals surface area contributed by atoms with Crippen LogP contribution in [0.3, 0.4) is 0 Å². The molecule has 4 rings (SSSR count). The van der Waals surface area contributed by atoms with Crippen LogP contribution in [-0.2, 0) is 4.74 Å². The maximum atomic E-state index is 13.1. The molecule has 1 amide bonds. The summed E-state index contributed by atoms with van der Waals surface area (Å²) in [5.41, 5.74) is 1.25. The third-order valence-corrected chi connectivity index (χ3v) is 5.03. The summed E-state index contributed by atoms with van der Waals surface area (Å²) in [5, 5.41) is 17.2. The second-order valence-corrected chi connectivity index (χ2v) is 7.50. The van der Waals surface area contributed by atoms with Crippen molar-refractivity contribution in [3.8, 4) is 11.3 Å². The first-order chi connectivity index (χ1) is 14.8. The number of halogens is 2. The number of hydrogen-bond acceptors (Lipinski definition) is 8. The van der Waals surface area contributed by atoms with Gasteiger partial charge in [-0.3, -0.25) is 4.90 Å². The van der Waals surface area contributed by atoms with Crippen LogP contribution < -0.4 is 10.2 Å². The molecule has 1 saturated heterocycles. The highest BCUT2D eigenvalue weighted by atomic mass is 35.5. The number of amides is 1. The number of rotatable bonds is 6. The number of ether oxygens (including phenoxy) is 1. The number of aromatic nitrogens is 3. The molecule has 0 radical (unpaired) electrons. The van der Waals surface area contributed by atoms with Crippen LogP contribution in [0.15, 0.2) is 40.9 Å². The summed E-state index contributed by atoms with van der Waals surface area (Å²) >= 11 is 6.13. The van der Waals surface area contributed by atoms with Crippen LogP contribution in [0.1, 0.15) is 25.6 Å². The minimum absolute atomic E-state index is 0.0440. The van der Waals surface area contributed by atoms with E-state index in [4.69, 9.17) is 20.9 Å². The summed E-state index contributed by atoms with van der Waals surface area (Å²) < 4.78 is 23.5. The topological polar surface area (TPSA) is 114 Å². The number of nitrogens with one attached hydrogen (secondary N) is 1. The van der Waals surface area contributed by atoms with Crippen LogP contribution in [-0.4, -0.2) is 45.1 Å². The molecule has 11 heteroatoms. The molecule has 1 aliphatic rings. The van der Waals surface area contributed by atoms with E-state index in [2.05, 4.69) is 20.4 Å². The van der Waals surface area contributed by atoms with Gasteiger partial charge in [-0.2, -0.15) is 4.98 Å². The monoisotopic (exact) mass is 447 g/mol. The molecule has 0 bridgehead atoms. The predicted molar refractivity (Wildman–Crippen MR) is 110 cm³/mol. The lowest BCUT2D eigenvalue weighted by Crippen LogP contribution is -2.41. The van der Waals surface area contributed by atoms with E-state index in [-0.39, 0.29) is 35.4 Å². The van der Waals surface area contributed by atoms with Gasteiger partial charge in [-0.05, 0) is 38.1 Å². The molecule has 3 heterocycles. The van der Waals surface area contributed by atoms with Gasteiger partial charge in [0, 0.05) is 17.7 Å². The lowest BCUT2D eigenvalue weighted by Gasteiger charge is -2.23. The third-order valence-electron chi connectivity index (χ3n) is 4.84. The van der Waals surface area contributed by atoms with Crippen molar-refractivity contribution in [3.05, 3.63) is 53.1 Å². The van der Waals surface area contributed by atoms with Crippen LogP contribution in [0.2, 0.25) is 5.15 Å². The minimum atomic E-state index is -0.824. The molecule has 0 saturated carbocycles. The number of carbonyl (C=O) groups is 1. The summed E-state index contributed by atoms with van der Waals surface area (Å²) in [4.78, 5) is 21.9. The number of aliphatic hydroxyl groups is 1. The number of hydrogen-bond donors (Lipinski definition) is 2. The molecular weight excluding hydrogens is 429 g/mol. The molecule has 31 heavy (non-hydrogen) atoms. The Hall–Kier alpha value is -3.24. The van der Waals surface area contributed by atoms with E-state index in [0.717, 1.165) is 0 Å². The quantitative estimate of drug-likeness (QED) is 0.548. The molecule has 3 atom stereocenters. The predicted octanol–water partition coefficient (Wildman–Crippen LogP) is 3.80. The Morgan fingerprint density at radius 3 is 2.71 bits per heavy atom. The van der Waals surface area contributed by atoms with Crippen LogP contribution in [0.5, 0.6) is 0 Å². The summed E-state index contributed by atoms with van der Waals surface area (Å²) in [5.74, 6) is 0.503. The SMILES string of the molecule is C[C@H](Nc1nc(Cl)cc(N2C(=O)OCC2[C@@H](C)O)n1)c1cc(-c2ccc(F)cc2)on1. The van der Waals surface area contributed by atoms with Gasteiger partial charge in [-0.15, -0.1) is 0 Å². The highest BCUT2D eigenvalue weighted by Crippen LogP contribution is 2.28. The van der Waals surface area contributed by atoms with Crippen molar-refractivity contribution in [1.29, 1.82) is 0 Å². The average molecular weight is 448 g/mol. The second-order valence-electron chi connectivity index (χ2n) is 7.12. The summed E-state index contributed by atoms with van der Waals surface area (Å²) in [6, 6.07) is 8.05. The van der Waals surface area contributed by atoms with E-state index in [0.29, 0.717) is 17.0 Å². The Bertz CT molecular complexity index is 1090. The Morgan fingerprint density at radius 2 is 2.00 bits per heavy atom. The van der Waals surface area contributed by atoms with Gasteiger partial charge in [0.15, 0.2) is 5.76 Å². The van der Waals surface area contributed by atoms with E-state index in [1.807, 2.05) is 6.92 Å². The average Bonchev–Trinajstić information content (AvgIpc) is 3.35. The van der Waals surface area contributed by atoms with E-state index >= 15 is 0 Å². The number of benzene rings is 1. The Morgan fingerprint density at radius 1 is 1.26 bits per heavy atom. The normalized spacial score (nSPS) is 18.0. The van der Waals surface area contributed by atoms with Crippen molar-refractivity contribution in [1.82, 2.24) is 15.1 Å². The first-order valence-corrected chi connectivity index (χ1v) is 9.87. The van der Waals surface area contributed by atoms with Crippen LogP contribution in [0.25, 0.3) is 11.3 Å². The van der Waals surface area contributed by atoms with Crippen molar-refractivity contribution >= 4 is 29.5 Å². The molecule has 162 valence electrons. The molecule has 1 fully saturated rings. The van der Waals surface area contributed by atoms with Gasteiger partial charge in [0.1, 0.15) is 35.1 Å². The minimum Gasteiger partial charge on any atom is -0.447 e. The summed E-state index contributed by atoms with van der Waals surface area (Å²) in [6.45, 7) is 3.42. The molecule has 1 aliphatic heterocycles. The molecule has 2 N–H and O–H groups in total. The molecule has 3 aromatic rings. The molecule has 0 aliphatic carbocycles. The Kier molecular flexibility index (Phi) is 5.75. The zero-order valence-electron chi connectivity index (χ0n) is 16.6. The lowest BCUT2D eigenvalue weighted by molar-refractivity contribution is 0.142. The van der Waals surface area contributed by atoms with Crippen molar-refractivity contribution in [2.75, 3.05) is 16.8 Å². The Balaban J connectivity index is 1.54. The second kappa shape index (κ2) is 8.48. The summed E-state index contributed by atoms with van der Waals surface area (Å²) in [7, 11) is 0. The van der Waals surface area contributed by atoms with Crippen LogP contribution in [0, 0.1) is 5.82 Å². The molecule has 0 spiro atoms. The molecule has 9 nitrogen and oxygen atoms in total. The van der Waals surface area contributed by atoms with E-state index < -0.39 is 18.2 Å². The fourth-order valence-corrected chi connectivity index (χ4v) is 3.34. The van der Waals surface area contributed by atoms with Gasteiger partial charge in [0.2, 0.25) is 5.95 Å². The molecular formula is C20H19ClFN5O4. The zero-order valence-corrected chi connectivity index (χ0v) is 17.4. The Labute approximate surface area is 181 Å². The van der Waals surface area contributed by atoms with Crippen molar-refractivity contribution in [3.63, 3.8) is 0 Å². The van der Waals surface area contributed by atoms with E-state index in [1.54, 1.807) is 25.1 Å². The first-order valence-electron chi connectivity index (χ1n) is 9.49. The molecule has 2 aromatic heterocycles. The van der Waals surface area contributed by atoms with Crippen LogP contribution >= 0.6 is 11.6 Å². The number of cyclic esters (lactones) is 1. The van der Waals surface area contributed by atoms with Crippen LogP contribution in [0.4, 0.5) is 21.0 Å². The zero-order chi connectivity index (χ0) is 22.1. The fourth-order valence-electron chi connectivity index (χ4n) is 3.16. The van der Waals surface area contributed by atoms with Gasteiger partial charge in [0.05, 0.1) is 12.1 Å². The van der Waals surface area contributed by atoms with Crippen molar-refractivity contribution < 1.29 is 23.6 Å². The standard InChI is InChI=1S/C20H19ClFN5O4/c1-10(14-7-16(31-26-14)12-3-5-13(22)6-4-12)23-19-24-17(21)8-18(25-19)27-15(11(2)28)9-30-20(27)29/h3-8,10-11,15,28H,9H2,1-2H3,(H,23,24,25)/t10-,11+,15?/m0/s1. The number of carbonyl (C=O) groups excluding carboxylic acids is 1. The van der Waals surface area contributed by atoms with Crippen molar-refractivity contribution in [2.24, 2.45) is 0 Å². The highest BCUT2D eigenvalue weighted by molar-refractivity contribution is 6.29. The highest BCUT2D eigenvalue weighted by Gasteiger charge is 2.38. The smallest absolute Gasteiger partial charge is 0.416 e. The lowest BCUT2D eigenvalue weighted by atomic mass is 10.1. The van der Waals surface area contributed by atoms with Gasteiger partial charge in [-0.25, -0.2) is 14.2 Å². The third kappa shape index (κ3) is 4.44.